The molecule has 0 aliphatic rings. The van der Waals surface area contributed by atoms with Crippen molar-refractivity contribution in [3.05, 3.63) is 35.6 Å². The van der Waals surface area contributed by atoms with Crippen LogP contribution in [-0.2, 0) is 10.3 Å². The van der Waals surface area contributed by atoms with Crippen LogP contribution in [0.2, 0.25) is 0 Å². The van der Waals surface area contributed by atoms with E-state index in [1.54, 1.807) is 6.92 Å². The van der Waals surface area contributed by atoms with E-state index in [4.69, 9.17) is 10.8 Å². The van der Waals surface area contributed by atoms with Gasteiger partial charge in [0, 0.05) is 0 Å². The number of hydrogen-bond acceptors (Lipinski definition) is 2. The lowest BCUT2D eigenvalue weighted by Crippen LogP contribution is -2.44. The third-order valence-corrected chi connectivity index (χ3v) is 2.30. The molecule has 0 amide bonds. The van der Waals surface area contributed by atoms with E-state index in [1.807, 2.05) is 0 Å². The average molecular weight is 197 g/mol. The van der Waals surface area contributed by atoms with Crippen LogP contribution in [0.5, 0.6) is 0 Å². The second-order valence-corrected chi connectivity index (χ2v) is 3.14. The summed E-state index contributed by atoms with van der Waals surface area (Å²) in [6.45, 7) is 1.68. The van der Waals surface area contributed by atoms with Crippen molar-refractivity contribution in [2.75, 3.05) is 0 Å². The molecule has 1 unspecified atom stereocenters. The molecule has 0 fully saturated rings. The first-order valence-electron chi connectivity index (χ1n) is 4.29. The SMILES string of the molecule is CCC(N)(C(=O)O)c1ccc(F)cc1. The molecule has 0 saturated carbocycles. The second-order valence-electron chi connectivity index (χ2n) is 3.14. The third-order valence-electron chi connectivity index (χ3n) is 2.30. The van der Waals surface area contributed by atoms with Gasteiger partial charge in [-0.15, -0.1) is 0 Å². The van der Waals surface area contributed by atoms with Crippen molar-refractivity contribution in [3.8, 4) is 0 Å². The Hall–Kier alpha value is -1.42. The molecule has 76 valence electrons. The molecule has 3 nitrogen and oxygen atoms in total. The Bertz CT molecular complexity index is 336. The standard InChI is InChI=1S/C10H12FNO2/c1-2-10(12,9(13)14)7-3-5-8(11)6-4-7/h3-6H,2,12H2,1H3,(H,13,14). The van der Waals surface area contributed by atoms with Gasteiger partial charge >= 0.3 is 5.97 Å². The molecule has 1 rings (SSSR count). The van der Waals surface area contributed by atoms with Gasteiger partial charge in [0.25, 0.3) is 0 Å². The minimum atomic E-state index is -1.42. The van der Waals surface area contributed by atoms with Gasteiger partial charge in [-0.05, 0) is 24.1 Å². The van der Waals surface area contributed by atoms with Crippen molar-refractivity contribution in [2.45, 2.75) is 18.9 Å². The maximum atomic E-state index is 12.6. The average Bonchev–Trinajstić information content (AvgIpc) is 2.17. The summed E-state index contributed by atoms with van der Waals surface area (Å²) in [5, 5.41) is 8.94. The Balaban J connectivity index is 3.13. The summed E-state index contributed by atoms with van der Waals surface area (Å²) in [6, 6.07) is 5.20. The highest BCUT2D eigenvalue weighted by Gasteiger charge is 2.33. The van der Waals surface area contributed by atoms with E-state index in [-0.39, 0.29) is 6.42 Å². The summed E-state index contributed by atoms with van der Waals surface area (Å²) >= 11 is 0. The van der Waals surface area contributed by atoms with Crippen LogP contribution >= 0.6 is 0 Å². The van der Waals surface area contributed by atoms with Crippen LogP contribution in [0.3, 0.4) is 0 Å². The Kier molecular flexibility index (Phi) is 2.86. The Morgan fingerprint density at radius 1 is 1.50 bits per heavy atom. The highest BCUT2D eigenvalue weighted by atomic mass is 19.1. The van der Waals surface area contributed by atoms with Gasteiger partial charge in [0.2, 0.25) is 0 Å². The van der Waals surface area contributed by atoms with Crippen LogP contribution in [0.4, 0.5) is 4.39 Å². The van der Waals surface area contributed by atoms with Crippen LogP contribution in [0.15, 0.2) is 24.3 Å². The monoisotopic (exact) mass is 197 g/mol. The highest BCUT2D eigenvalue weighted by Crippen LogP contribution is 2.22. The zero-order valence-corrected chi connectivity index (χ0v) is 7.83. The molecule has 0 heterocycles. The van der Waals surface area contributed by atoms with Crippen LogP contribution in [0.1, 0.15) is 18.9 Å². The lowest BCUT2D eigenvalue weighted by molar-refractivity contribution is -0.143. The summed E-state index contributed by atoms with van der Waals surface area (Å²) in [5.41, 5.74) is 4.68. The molecular formula is C10H12FNO2. The van der Waals surface area contributed by atoms with Crippen molar-refractivity contribution < 1.29 is 14.3 Å². The van der Waals surface area contributed by atoms with E-state index in [2.05, 4.69) is 0 Å². The van der Waals surface area contributed by atoms with E-state index >= 15 is 0 Å². The molecule has 1 aromatic carbocycles. The van der Waals surface area contributed by atoms with Crippen LogP contribution in [0, 0.1) is 5.82 Å². The fraction of sp³-hybridized carbons (Fsp3) is 0.300. The summed E-state index contributed by atoms with van der Waals surface area (Å²) < 4.78 is 12.6. The zero-order chi connectivity index (χ0) is 10.8. The van der Waals surface area contributed by atoms with Gasteiger partial charge in [-0.2, -0.15) is 0 Å². The summed E-state index contributed by atoms with van der Waals surface area (Å²) in [5.74, 6) is -1.51. The van der Waals surface area contributed by atoms with Crippen LogP contribution in [-0.4, -0.2) is 11.1 Å². The smallest absolute Gasteiger partial charge is 0.328 e. The third kappa shape index (κ3) is 1.75. The van der Waals surface area contributed by atoms with E-state index in [9.17, 15) is 9.18 Å². The second kappa shape index (κ2) is 3.75. The number of nitrogens with two attached hydrogens (primary N) is 1. The number of rotatable bonds is 3. The molecule has 0 aromatic heterocycles. The minimum absolute atomic E-state index is 0.258. The molecule has 14 heavy (non-hydrogen) atoms. The highest BCUT2D eigenvalue weighted by molar-refractivity contribution is 5.80. The van der Waals surface area contributed by atoms with Gasteiger partial charge in [0.1, 0.15) is 11.4 Å². The van der Waals surface area contributed by atoms with Gasteiger partial charge in [-0.1, -0.05) is 19.1 Å². The number of carboxylic acids is 1. The molecular weight excluding hydrogens is 185 g/mol. The summed E-state index contributed by atoms with van der Waals surface area (Å²) in [4.78, 5) is 10.9. The Morgan fingerprint density at radius 2 is 2.00 bits per heavy atom. The lowest BCUT2D eigenvalue weighted by Gasteiger charge is -2.23. The first-order chi connectivity index (χ1) is 6.50. The number of aliphatic carboxylic acids is 1. The normalized spacial score (nSPS) is 14.8. The van der Waals surface area contributed by atoms with Crippen molar-refractivity contribution in [2.24, 2.45) is 5.73 Å². The maximum absolute atomic E-state index is 12.6. The number of halogens is 1. The Labute approximate surface area is 81.4 Å². The first kappa shape index (κ1) is 10.7. The Morgan fingerprint density at radius 3 is 2.36 bits per heavy atom. The fourth-order valence-electron chi connectivity index (χ4n) is 1.23. The van der Waals surface area contributed by atoms with Crippen molar-refractivity contribution in [3.63, 3.8) is 0 Å². The molecule has 1 aromatic rings. The van der Waals surface area contributed by atoms with E-state index in [0.717, 1.165) is 0 Å². The van der Waals surface area contributed by atoms with Gasteiger partial charge in [-0.25, -0.2) is 9.18 Å². The topological polar surface area (TPSA) is 63.3 Å². The predicted molar refractivity (Wildman–Crippen MR) is 50.2 cm³/mol. The first-order valence-corrected chi connectivity index (χ1v) is 4.29. The number of hydrogen-bond donors (Lipinski definition) is 2. The van der Waals surface area contributed by atoms with Crippen molar-refractivity contribution in [1.82, 2.24) is 0 Å². The molecule has 0 bridgehead atoms. The van der Waals surface area contributed by atoms with E-state index in [0.29, 0.717) is 5.56 Å². The molecule has 0 saturated heterocycles. The minimum Gasteiger partial charge on any atom is -0.480 e. The number of carbonyl (C=O) groups is 1. The molecule has 3 N–H and O–H groups in total. The van der Waals surface area contributed by atoms with E-state index in [1.165, 1.54) is 24.3 Å². The predicted octanol–water partition coefficient (Wildman–Crippen LogP) is 1.47. The molecule has 4 heteroatoms. The fourth-order valence-corrected chi connectivity index (χ4v) is 1.23. The number of carboxylic acid groups (broad SMARTS) is 1. The molecule has 0 aliphatic heterocycles. The molecule has 0 aliphatic carbocycles. The van der Waals surface area contributed by atoms with Crippen LogP contribution in [0.25, 0.3) is 0 Å². The quantitative estimate of drug-likeness (QED) is 0.771. The van der Waals surface area contributed by atoms with Gasteiger partial charge in [0.05, 0.1) is 0 Å². The van der Waals surface area contributed by atoms with Gasteiger partial charge in [0.15, 0.2) is 0 Å². The summed E-state index contributed by atoms with van der Waals surface area (Å²) in [6.07, 6.45) is 0.258. The van der Waals surface area contributed by atoms with Gasteiger partial charge < -0.3 is 10.8 Å². The van der Waals surface area contributed by atoms with Crippen molar-refractivity contribution >= 4 is 5.97 Å². The number of benzene rings is 1. The van der Waals surface area contributed by atoms with Gasteiger partial charge in [-0.3, -0.25) is 0 Å². The maximum Gasteiger partial charge on any atom is 0.328 e. The van der Waals surface area contributed by atoms with Crippen molar-refractivity contribution in [1.29, 1.82) is 0 Å². The largest absolute Gasteiger partial charge is 0.480 e. The zero-order valence-electron chi connectivity index (χ0n) is 7.83. The molecule has 0 radical (unpaired) electrons. The summed E-state index contributed by atoms with van der Waals surface area (Å²) in [7, 11) is 0. The molecule has 0 spiro atoms. The molecule has 1 atom stereocenters. The van der Waals surface area contributed by atoms with Crippen LogP contribution < -0.4 is 5.73 Å². The lowest BCUT2D eigenvalue weighted by atomic mass is 9.88. The van der Waals surface area contributed by atoms with E-state index < -0.39 is 17.3 Å².